The fraction of sp³-hybridized carbons (Fsp3) is 0.267. The van der Waals surface area contributed by atoms with Crippen molar-refractivity contribution in [2.75, 3.05) is 0 Å². The number of ether oxygens (including phenoxy) is 1. The first-order valence-electron chi connectivity index (χ1n) is 6.31. The van der Waals surface area contributed by atoms with E-state index >= 15 is 0 Å². The molecule has 1 heterocycles. The lowest BCUT2D eigenvalue weighted by Gasteiger charge is -2.11. The SMILES string of the molecule is CC(N)Cc1ccc(OCc2cncc(Br)c2)c(Cl)c1. The zero-order chi connectivity index (χ0) is 14.5. The highest BCUT2D eigenvalue weighted by Gasteiger charge is 2.05. The molecule has 0 bridgehead atoms. The van der Waals surface area contributed by atoms with E-state index in [2.05, 4.69) is 20.9 Å². The molecule has 0 amide bonds. The standard InChI is InChI=1S/C15H16BrClN2O/c1-10(18)4-11-2-3-15(14(17)6-11)20-9-12-5-13(16)8-19-7-12/h2-3,5-8,10H,4,9,18H2,1H3. The number of rotatable bonds is 5. The molecule has 0 saturated heterocycles. The Hall–Kier alpha value is -1.10. The molecule has 1 aromatic carbocycles. The normalized spacial score (nSPS) is 12.2. The third-order valence-corrected chi connectivity index (χ3v) is 3.44. The molecule has 1 unspecified atom stereocenters. The van der Waals surface area contributed by atoms with Crippen molar-refractivity contribution in [2.45, 2.75) is 26.0 Å². The maximum atomic E-state index is 6.22. The van der Waals surface area contributed by atoms with Gasteiger partial charge in [0.15, 0.2) is 0 Å². The summed E-state index contributed by atoms with van der Waals surface area (Å²) in [5.74, 6) is 0.667. The number of nitrogens with zero attached hydrogens (tertiary/aromatic N) is 1. The van der Waals surface area contributed by atoms with Crippen LogP contribution in [0.4, 0.5) is 0 Å². The minimum atomic E-state index is 0.116. The van der Waals surface area contributed by atoms with Crippen LogP contribution in [0.5, 0.6) is 5.75 Å². The molecule has 0 aliphatic carbocycles. The van der Waals surface area contributed by atoms with Gasteiger partial charge in [-0.1, -0.05) is 17.7 Å². The molecule has 1 aromatic heterocycles. The lowest BCUT2D eigenvalue weighted by atomic mass is 10.1. The molecule has 0 aliphatic heterocycles. The summed E-state index contributed by atoms with van der Waals surface area (Å²) < 4.78 is 6.64. The molecule has 106 valence electrons. The van der Waals surface area contributed by atoms with Crippen LogP contribution in [-0.4, -0.2) is 11.0 Å². The van der Waals surface area contributed by atoms with E-state index in [0.717, 1.165) is 22.0 Å². The molecule has 0 spiro atoms. The van der Waals surface area contributed by atoms with Crippen LogP contribution in [-0.2, 0) is 13.0 Å². The molecule has 0 aliphatic rings. The van der Waals surface area contributed by atoms with Gasteiger partial charge in [0.05, 0.1) is 5.02 Å². The Morgan fingerprint density at radius 3 is 2.75 bits per heavy atom. The van der Waals surface area contributed by atoms with Gasteiger partial charge >= 0.3 is 0 Å². The molecule has 2 rings (SSSR count). The Kier molecular flexibility index (Phi) is 5.40. The van der Waals surface area contributed by atoms with Crippen LogP contribution in [0.25, 0.3) is 0 Å². The van der Waals surface area contributed by atoms with Gasteiger partial charge < -0.3 is 10.5 Å². The molecule has 3 nitrogen and oxygen atoms in total. The topological polar surface area (TPSA) is 48.1 Å². The van der Waals surface area contributed by atoms with Gasteiger partial charge in [0, 0.05) is 28.5 Å². The van der Waals surface area contributed by atoms with E-state index < -0.39 is 0 Å². The maximum Gasteiger partial charge on any atom is 0.138 e. The second-order valence-corrected chi connectivity index (χ2v) is 6.07. The number of hydrogen-bond acceptors (Lipinski definition) is 3. The second-order valence-electron chi connectivity index (χ2n) is 4.75. The molecular formula is C15H16BrClN2O. The smallest absolute Gasteiger partial charge is 0.138 e. The molecule has 5 heteroatoms. The van der Waals surface area contributed by atoms with Crippen molar-refractivity contribution in [3.8, 4) is 5.75 Å². The lowest BCUT2D eigenvalue weighted by molar-refractivity contribution is 0.306. The van der Waals surface area contributed by atoms with E-state index in [1.165, 1.54) is 0 Å². The highest BCUT2D eigenvalue weighted by atomic mass is 79.9. The first kappa shape index (κ1) is 15.3. The number of aromatic nitrogens is 1. The van der Waals surface area contributed by atoms with Crippen molar-refractivity contribution in [3.05, 3.63) is 57.3 Å². The van der Waals surface area contributed by atoms with Crippen LogP contribution in [0, 0.1) is 0 Å². The predicted octanol–water partition coefficient (Wildman–Crippen LogP) is 3.97. The van der Waals surface area contributed by atoms with Crippen LogP contribution in [0.3, 0.4) is 0 Å². The average Bonchev–Trinajstić information content (AvgIpc) is 2.37. The van der Waals surface area contributed by atoms with Crippen molar-refractivity contribution < 1.29 is 4.74 Å². The Balaban J connectivity index is 2.03. The molecule has 20 heavy (non-hydrogen) atoms. The molecule has 2 aromatic rings. The maximum absolute atomic E-state index is 6.22. The third kappa shape index (κ3) is 4.47. The van der Waals surface area contributed by atoms with Crippen molar-refractivity contribution in [1.82, 2.24) is 4.98 Å². The summed E-state index contributed by atoms with van der Waals surface area (Å²) in [7, 11) is 0. The van der Waals surface area contributed by atoms with Crippen LogP contribution in [0.2, 0.25) is 5.02 Å². The number of benzene rings is 1. The van der Waals surface area contributed by atoms with Crippen molar-refractivity contribution >= 4 is 27.5 Å². The van der Waals surface area contributed by atoms with E-state index in [-0.39, 0.29) is 6.04 Å². The van der Waals surface area contributed by atoms with Gasteiger partial charge in [-0.25, -0.2) is 0 Å². The molecule has 0 saturated carbocycles. The van der Waals surface area contributed by atoms with Gasteiger partial charge in [0.1, 0.15) is 12.4 Å². The lowest BCUT2D eigenvalue weighted by Crippen LogP contribution is -2.17. The van der Waals surface area contributed by atoms with Gasteiger partial charge in [0.25, 0.3) is 0 Å². The summed E-state index contributed by atoms with van der Waals surface area (Å²) in [6, 6.07) is 7.85. The fourth-order valence-electron chi connectivity index (χ4n) is 1.86. The van der Waals surface area contributed by atoms with Gasteiger partial charge in [-0.2, -0.15) is 0 Å². The van der Waals surface area contributed by atoms with Gasteiger partial charge in [-0.05, 0) is 53.0 Å². The summed E-state index contributed by atoms with van der Waals surface area (Å²) in [5, 5.41) is 0.603. The van der Waals surface area contributed by atoms with E-state index in [4.69, 9.17) is 22.1 Å². The Bertz CT molecular complexity index is 590. The molecule has 1 atom stereocenters. The van der Waals surface area contributed by atoms with Gasteiger partial charge in [0.2, 0.25) is 0 Å². The number of hydrogen-bond donors (Lipinski definition) is 1. The Morgan fingerprint density at radius 2 is 2.10 bits per heavy atom. The second kappa shape index (κ2) is 7.07. The summed E-state index contributed by atoms with van der Waals surface area (Å²) in [4.78, 5) is 4.09. The van der Waals surface area contributed by atoms with Crippen LogP contribution < -0.4 is 10.5 Å². The highest BCUT2D eigenvalue weighted by molar-refractivity contribution is 9.10. The largest absolute Gasteiger partial charge is 0.487 e. The summed E-state index contributed by atoms with van der Waals surface area (Å²) >= 11 is 9.60. The minimum Gasteiger partial charge on any atom is -0.487 e. The highest BCUT2D eigenvalue weighted by Crippen LogP contribution is 2.27. The van der Waals surface area contributed by atoms with Gasteiger partial charge in [-0.3, -0.25) is 4.98 Å². The van der Waals surface area contributed by atoms with Crippen LogP contribution in [0.1, 0.15) is 18.1 Å². The molecule has 0 fully saturated rings. The van der Waals surface area contributed by atoms with Crippen LogP contribution >= 0.6 is 27.5 Å². The van der Waals surface area contributed by atoms with E-state index in [0.29, 0.717) is 17.4 Å². The third-order valence-electron chi connectivity index (χ3n) is 2.71. The van der Waals surface area contributed by atoms with Crippen molar-refractivity contribution in [3.63, 3.8) is 0 Å². The van der Waals surface area contributed by atoms with Crippen molar-refractivity contribution in [1.29, 1.82) is 0 Å². The summed E-state index contributed by atoms with van der Waals surface area (Å²) in [6.07, 6.45) is 4.30. The van der Waals surface area contributed by atoms with Crippen molar-refractivity contribution in [2.24, 2.45) is 5.73 Å². The number of pyridine rings is 1. The monoisotopic (exact) mass is 354 g/mol. The Labute approximate surface area is 132 Å². The quantitative estimate of drug-likeness (QED) is 0.883. The Morgan fingerprint density at radius 1 is 1.30 bits per heavy atom. The van der Waals surface area contributed by atoms with Crippen LogP contribution in [0.15, 0.2) is 41.1 Å². The van der Waals surface area contributed by atoms with E-state index in [1.807, 2.05) is 31.2 Å². The first-order chi connectivity index (χ1) is 9.54. The van der Waals surface area contributed by atoms with Gasteiger partial charge in [-0.15, -0.1) is 0 Å². The first-order valence-corrected chi connectivity index (χ1v) is 7.48. The summed E-state index contributed by atoms with van der Waals surface area (Å²) in [6.45, 7) is 2.40. The van der Waals surface area contributed by atoms with E-state index in [1.54, 1.807) is 12.4 Å². The minimum absolute atomic E-state index is 0.116. The summed E-state index contributed by atoms with van der Waals surface area (Å²) in [5.41, 5.74) is 7.87. The zero-order valence-corrected chi connectivity index (χ0v) is 13.5. The number of halogens is 2. The molecule has 2 N–H and O–H groups in total. The molecular weight excluding hydrogens is 340 g/mol. The fourth-order valence-corrected chi connectivity index (χ4v) is 2.53. The number of nitrogens with two attached hydrogens (primary N) is 1. The average molecular weight is 356 g/mol. The predicted molar refractivity (Wildman–Crippen MR) is 85.1 cm³/mol. The zero-order valence-electron chi connectivity index (χ0n) is 11.1. The molecule has 0 radical (unpaired) electrons. The van der Waals surface area contributed by atoms with E-state index in [9.17, 15) is 0 Å².